The van der Waals surface area contributed by atoms with E-state index in [1.807, 2.05) is 5.38 Å². The molecule has 18 heavy (non-hydrogen) atoms. The van der Waals surface area contributed by atoms with E-state index in [1.54, 1.807) is 18.5 Å². The van der Waals surface area contributed by atoms with Gasteiger partial charge in [0.25, 0.3) is 0 Å². The molecule has 0 fully saturated rings. The number of aryl methyl sites for hydroxylation is 1. The van der Waals surface area contributed by atoms with Gasteiger partial charge in [0.1, 0.15) is 0 Å². The van der Waals surface area contributed by atoms with Gasteiger partial charge in [0.15, 0.2) is 0 Å². The Bertz CT molecular complexity index is 542. The first kappa shape index (κ1) is 12.4. The van der Waals surface area contributed by atoms with Crippen molar-refractivity contribution in [1.82, 2.24) is 9.97 Å². The van der Waals surface area contributed by atoms with Crippen LogP contribution in [0, 0.1) is 17.0 Å². The first-order valence-electron chi connectivity index (χ1n) is 5.40. The summed E-state index contributed by atoms with van der Waals surface area (Å²) < 4.78 is 0. The molecule has 0 aliphatic rings. The number of aromatic nitrogens is 2. The van der Waals surface area contributed by atoms with Gasteiger partial charge in [-0.2, -0.15) is 0 Å². The zero-order valence-electron chi connectivity index (χ0n) is 9.79. The summed E-state index contributed by atoms with van der Waals surface area (Å²) in [5.41, 5.74) is 3.49. The second kappa shape index (κ2) is 5.54. The van der Waals surface area contributed by atoms with Crippen molar-refractivity contribution in [3.63, 3.8) is 0 Å². The molecule has 0 saturated carbocycles. The van der Waals surface area contributed by atoms with E-state index >= 15 is 0 Å². The lowest BCUT2D eigenvalue weighted by Crippen LogP contribution is -2.09. The highest BCUT2D eigenvalue weighted by Crippen LogP contribution is 2.21. The normalized spacial score (nSPS) is 10.3. The lowest BCUT2D eigenvalue weighted by atomic mass is 10.3. The van der Waals surface area contributed by atoms with Gasteiger partial charge in [0.2, 0.25) is 5.82 Å². The number of nitro groups is 1. The lowest BCUT2D eigenvalue weighted by molar-refractivity contribution is -0.384. The van der Waals surface area contributed by atoms with Crippen LogP contribution in [-0.2, 0) is 6.42 Å². The Morgan fingerprint density at radius 2 is 2.33 bits per heavy atom. The van der Waals surface area contributed by atoms with E-state index in [9.17, 15) is 10.1 Å². The monoisotopic (exact) mass is 264 g/mol. The molecular weight excluding hydrogens is 252 g/mol. The summed E-state index contributed by atoms with van der Waals surface area (Å²) >= 11 is 1.53. The molecule has 0 radical (unpaired) electrons. The quantitative estimate of drug-likeness (QED) is 0.662. The molecular formula is C11H12N4O2S. The molecule has 2 aromatic rings. The van der Waals surface area contributed by atoms with Crippen LogP contribution in [0.15, 0.2) is 23.0 Å². The Kier molecular flexibility index (Phi) is 3.83. The van der Waals surface area contributed by atoms with E-state index in [1.165, 1.54) is 17.4 Å². The van der Waals surface area contributed by atoms with Crippen molar-refractivity contribution in [2.75, 3.05) is 11.9 Å². The zero-order valence-corrected chi connectivity index (χ0v) is 10.6. The van der Waals surface area contributed by atoms with Crippen LogP contribution in [0.4, 0.5) is 11.5 Å². The van der Waals surface area contributed by atoms with E-state index in [0.29, 0.717) is 12.4 Å². The number of rotatable bonds is 5. The second-order valence-electron chi connectivity index (χ2n) is 3.73. The molecule has 0 spiro atoms. The topological polar surface area (TPSA) is 81.0 Å². The maximum Gasteiger partial charge on any atom is 0.311 e. The van der Waals surface area contributed by atoms with Gasteiger partial charge in [-0.05, 0) is 13.0 Å². The minimum Gasteiger partial charge on any atom is -0.364 e. The van der Waals surface area contributed by atoms with Crippen molar-refractivity contribution in [1.29, 1.82) is 0 Å². The summed E-state index contributed by atoms with van der Waals surface area (Å²) in [6.07, 6.45) is 0.719. The van der Waals surface area contributed by atoms with Crippen LogP contribution < -0.4 is 5.32 Å². The predicted molar refractivity (Wildman–Crippen MR) is 69.9 cm³/mol. The minimum atomic E-state index is -0.433. The van der Waals surface area contributed by atoms with Gasteiger partial charge < -0.3 is 5.32 Å². The molecule has 0 aromatic carbocycles. The lowest BCUT2D eigenvalue weighted by Gasteiger charge is -2.05. The standard InChI is InChI=1S/C11H12N4O2S/c1-8-2-3-10(15(16)17)11(14-8)12-5-4-9-6-18-7-13-9/h2-3,6-7H,4-5H2,1H3,(H,12,14). The third kappa shape index (κ3) is 3.01. The van der Waals surface area contributed by atoms with Crippen LogP contribution in [0.25, 0.3) is 0 Å². The van der Waals surface area contributed by atoms with Gasteiger partial charge in [-0.15, -0.1) is 11.3 Å². The fourth-order valence-electron chi connectivity index (χ4n) is 1.50. The van der Waals surface area contributed by atoms with Crippen LogP contribution in [0.2, 0.25) is 0 Å². The third-order valence-electron chi connectivity index (χ3n) is 2.37. The second-order valence-corrected chi connectivity index (χ2v) is 4.45. The van der Waals surface area contributed by atoms with Crippen molar-refractivity contribution in [3.8, 4) is 0 Å². The molecule has 6 nitrogen and oxygen atoms in total. The minimum absolute atomic E-state index is 0.00104. The van der Waals surface area contributed by atoms with Gasteiger partial charge >= 0.3 is 5.69 Å². The van der Waals surface area contributed by atoms with Crippen molar-refractivity contribution < 1.29 is 4.92 Å². The number of nitrogens with zero attached hydrogens (tertiary/aromatic N) is 3. The smallest absolute Gasteiger partial charge is 0.311 e. The fraction of sp³-hybridized carbons (Fsp3) is 0.273. The fourth-order valence-corrected chi connectivity index (χ4v) is 2.09. The van der Waals surface area contributed by atoms with Crippen molar-refractivity contribution >= 4 is 22.8 Å². The van der Waals surface area contributed by atoms with E-state index < -0.39 is 4.92 Å². The molecule has 0 unspecified atom stereocenters. The summed E-state index contributed by atoms with van der Waals surface area (Å²) in [6.45, 7) is 2.37. The summed E-state index contributed by atoms with van der Waals surface area (Å²) in [7, 11) is 0. The Labute approximate surface area is 108 Å². The first-order valence-corrected chi connectivity index (χ1v) is 6.34. The number of hydrogen-bond donors (Lipinski definition) is 1. The Balaban J connectivity index is 2.03. The molecule has 1 N–H and O–H groups in total. The Hall–Kier alpha value is -2.02. The molecule has 0 aliphatic carbocycles. The summed E-state index contributed by atoms with van der Waals surface area (Å²) in [5.74, 6) is 0.315. The highest BCUT2D eigenvalue weighted by molar-refractivity contribution is 7.07. The highest BCUT2D eigenvalue weighted by atomic mass is 32.1. The molecule has 7 heteroatoms. The number of thiazole rings is 1. The largest absolute Gasteiger partial charge is 0.364 e. The van der Waals surface area contributed by atoms with Gasteiger partial charge in [-0.25, -0.2) is 9.97 Å². The van der Waals surface area contributed by atoms with Crippen LogP contribution in [0.5, 0.6) is 0 Å². The van der Waals surface area contributed by atoms with Crippen LogP contribution in [0.1, 0.15) is 11.4 Å². The molecule has 2 aromatic heterocycles. The van der Waals surface area contributed by atoms with Crippen molar-refractivity contribution in [2.45, 2.75) is 13.3 Å². The van der Waals surface area contributed by atoms with Gasteiger partial charge in [0, 0.05) is 30.1 Å². The van der Waals surface area contributed by atoms with Gasteiger partial charge in [-0.1, -0.05) is 0 Å². The number of anilines is 1. The molecule has 0 bridgehead atoms. The van der Waals surface area contributed by atoms with Crippen LogP contribution in [0.3, 0.4) is 0 Å². The number of hydrogen-bond acceptors (Lipinski definition) is 6. The van der Waals surface area contributed by atoms with E-state index in [2.05, 4.69) is 15.3 Å². The van der Waals surface area contributed by atoms with Crippen molar-refractivity contribution in [2.24, 2.45) is 0 Å². The van der Waals surface area contributed by atoms with Crippen molar-refractivity contribution in [3.05, 3.63) is 44.5 Å². The third-order valence-corrected chi connectivity index (χ3v) is 3.00. The molecule has 2 heterocycles. The summed E-state index contributed by atoms with van der Waals surface area (Å²) in [6, 6.07) is 3.09. The highest BCUT2D eigenvalue weighted by Gasteiger charge is 2.14. The van der Waals surface area contributed by atoms with E-state index in [4.69, 9.17) is 0 Å². The van der Waals surface area contributed by atoms with E-state index in [-0.39, 0.29) is 5.69 Å². The number of nitrogens with one attached hydrogen (secondary N) is 1. The first-order chi connectivity index (χ1) is 8.66. The molecule has 94 valence electrons. The predicted octanol–water partition coefficient (Wildman–Crippen LogP) is 2.41. The molecule has 0 atom stereocenters. The number of pyridine rings is 1. The average molecular weight is 264 g/mol. The Morgan fingerprint density at radius 3 is 3.00 bits per heavy atom. The average Bonchev–Trinajstić information content (AvgIpc) is 2.82. The van der Waals surface area contributed by atoms with Crippen LogP contribution >= 0.6 is 11.3 Å². The summed E-state index contributed by atoms with van der Waals surface area (Å²) in [5, 5.41) is 15.8. The molecule has 2 rings (SSSR count). The summed E-state index contributed by atoms with van der Waals surface area (Å²) in [4.78, 5) is 18.7. The van der Waals surface area contributed by atoms with Gasteiger partial charge in [-0.3, -0.25) is 10.1 Å². The molecule has 0 saturated heterocycles. The maximum absolute atomic E-state index is 10.8. The van der Waals surface area contributed by atoms with Crippen LogP contribution in [-0.4, -0.2) is 21.4 Å². The molecule has 0 aliphatic heterocycles. The maximum atomic E-state index is 10.8. The molecule has 0 amide bonds. The SMILES string of the molecule is Cc1ccc([N+](=O)[O-])c(NCCc2cscn2)n1. The Morgan fingerprint density at radius 1 is 1.50 bits per heavy atom. The van der Waals surface area contributed by atoms with Gasteiger partial charge in [0.05, 0.1) is 16.1 Å². The van der Waals surface area contributed by atoms with E-state index in [0.717, 1.165) is 17.8 Å². The zero-order chi connectivity index (χ0) is 13.0.